The molecule has 25 heavy (non-hydrogen) atoms. The molecule has 0 aromatic heterocycles. The van der Waals surface area contributed by atoms with Crippen LogP contribution in [0.4, 0.5) is 13.2 Å². The van der Waals surface area contributed by atoms with E-state index in [1.54, 1.807) is 12.1 Å². The first-order valence-electron chi connectivity index (χ1n) is 6.55. The van der Waals surface area contributed by atoms with Crippen molar-refractivity contribution >= 4 is 47.8 Å². The Hall–Kier alpha value is -1.63. The summed E-state index contributed by atoms with van der Waals surface area (Å²) >= 11 is 6.25. The maximum absolute atomic E-state index is 12.8. The van der Waals surface area contributed by atoms with Crippen LogP contribution in [0.25, 0.3) is 6.08 Å². The molecule has 0 atom stereocenters. The number of nitrogens with zero attached hydrogens (tertiary/aromatic N) is 1. The van der Waals surface area contributed by atoms with Crippen molar-refractivity contribution in [2.24, 2.45) is 0 Å². The summed E-state index contributed by atoms with van der Waals surface area (Å²) < 4.78 is 64.3. The third kappa shape index (κ3) is 4.51. The van der Waals surface area contributed by atoms with Crippen LogP contribution in [0, 0.1) is 11.3 Å². The molecule has 0 radical (unpaired) electrons. The highest BCUT2D eigenvalue weighted by Gasteiger charge is 2.30. The summed E-state index contributed by atoms with van der Waals surface area (Å²) in [6.45, 7) is 0. The van der Waals surface area contributed by atoms with Crippen LogP contribution in [-0.4, -0.2) is 8.42 Å². The number of alkyl halides is 3. The Kier molecular flexibility index (Phi) is 5.76. The van der Waals surface area contributed by atoms with Crippen molar-refractivity contribution in [1.29, 1.82) is 5.26 Å². The predicted octanol–water partition coefficient (Wildman–Crippen LogP) is 5.57. The Bertz CT molecular complexity index is 993. The van der Waals surface area contributed by atoms with Gasteiger partial charge in [-0.1, -0.05) is 28.1 Å². The van der Waals surface area contributed by atoms with Crippen LogP contribution in [-0.2, 0) is 16.0 Å². The lowest BCUT2D eigenvalue weighted by Gasteiger charge is -2.08. The minimum absolute atomic E-state index is 0.0407. The molecule has 130 valence electrons. The first-order valence-corrected chi connectivity index (χ1v) is 9.62. The van der Waals surface area contributed by atoms with Gasteiger partial charge < -0.3 is 0 Å². The number of allylic oxidation sites excluding steroid dienone is 1. The second-order valence-electron chi connectivity index (χ2n) is 4.82. The Morgan fingerprint density at radius 2 is 1.80 bits per heavy atom. The molecule has 0 saturated carbocycles. The Morgan fingerprint density at radius 3 is 2.40 bits per heavy atom. The van der Waals surface area contributed by atoms with Crippen LogP contribution in [0.3, 0.4) is 0 Å². The number of halogens is 5. The molecular weight excluding hydrogens is 487 g/mol. The van der Waals surface area contributed by atoms with E-state index in [2.05, 4.69) is 31.9 Å². The Labute approximate surface area is 159 Å². The molecule has 0 amide bonds. The summed E-state index contributed by atoms with van der Waals surface area (Å²) in [6.07, 6.45) is -3.65. The van der Waals surface area contributed by atoms with Gasteiger partial charge in [0.15, 0.2) is 0 Å². The lowest BCUT2D eigenvalue weighted by atomic mass is 10.1. The molecule has 0 aliphatic heterocycles. The van der Waals surface area contributed by atoms with Crippen molar-refractivity contribution in [3.05, 3.63) is 67.4 Å². The van der Waals surface area contributed by atoms with E-state index in [4.69, 9.17) is 0 Å². The molecule has 0 N–H and O–H groups in total. The second-order valence-corrected chi connectivity index (χ2v) is 8.48. The van der Waals surface area contributed by atoms with Gasteiger partial charge in [-0.15, -0.1) is 0 Å². The van der Waals surface area contributed by atoms with Gasteiger partial charge in [0, 0.05) is 8.95 Å². The molecule has 0 spiro atoms. The molecule has 2 aromatic rings. The highest BCUT2D eigenvalue weighted by Crippen LogP contribution is 2.32. The molecule has 3 nitrogen and oxygen atoms in total. The molecule has 0 saturated heterocycles. The summed E-state index contributed by atoms with van der Waals surface area (Å²) in [6, 6.07) is 10.0. The van der Waals surface area contributed by atoms with Gasteiger partial charge in [0.1, 0.15) is 11.0 Å². The monoisotopic (exact) mass is 493 g/mol. The summed E-state index contributed by atoms with van der Waals surface area (Å²) in [4.78, 5) is -0.827. The van der Waals surface area contributed by atoms with Gasteiger partial charge in [0.25, 0.3) is 0 Å². The Balaban J connectivity index is 2.58. The van der Waals surface area contributed by atoms with Crippen molar-refractivity contribution in [3.8, 4) is 6.07 Å². The zero-order valence-corrected chi connectivity index (χ0v) is 16.2. The van der Waals surface area contributed by atoms with E-state index in [9.17, 15) is 26.9 Å². The molecule has 0 fully saturated rings. The first-order chi connectivity index (χ1) is 11.6. The zero-order chi connectivity index (χ0) is 18.8. The van der Waals surface area contributed by atoms with Crippen LogP contribution in [0.1, 0.15) is 11.1 Å². The molecule has 2 aromatic carbocycles. The van der Waals surface area contributed by atoms with Gasteiger partial charge in [-0.3, -0.25) is 0 Å². The van der Waals surface area contributed by atoms with Gasteiger partial charge in [-0.2, -0.15) is 18.4 Å². The third-order valence-electron chi connectivity index (χ3n) is 3.09. The summed E-state index contributed by atoms with van der Waals surface area (Å²) in [7, 11) is -4.21. The van der Waals surface area contributed by atoms with E-state index in [0.29, 0.717) is 4.47 Å². The molecule has 0 bridgehead atoms. The van der Waals surface area contributed by atoms with Gasteiger partial charge in [0.05, 0.1) is 10.5 Å². The van der Waals surface area contributed by atoms with Crippen molar-refractivity contribution in [3.63, 3.8) is 0 Å². The molecular formula is C16H8Br2F3NO2S. The van der Waals surface area contributed by atoms with Crippen molar-refractivity contribution < 1.29 is 21.6 Å². The van der Waals surface area contributed by atoms with Crippen molar-refractivity contribution in [2.75, 3.05) is 0 Å². The van der Waals surface area contributed by atoms with Crippen LogP contribution < -0.4 is 0 Å². The number of benzene rings is 2. The fraction of sp³-hybridized carbons (Fsp3) is 0.0625. The SMILES string of the molecule is N#CC(=Cc1cccc(C(F)(F)F)c1)S(=O)(=O)c1cc(Br)ccc1Br. The third-order valence-corrected chi connectivity index (χ3v) is 6.25. The van der Waals surface area contributed by atoms with Crippen LogP contribution >= 0.6 is 31.9 Å². The van der Waals surface area contributed by atoms with E-state index < -0.39 is 26.5 Å². The van der Waals surface area contributed by atoms with Crippen molar-refractivity contribution in [1.82, 2.24) is 0 Å². The molecule has 0 unspecified atom stereocenters. The highest BCUT2D eigenvalue weighted by atomic mass is 79.9. The number of hydrogen-bond donors (Lipinski definition) is 0. The van der Waals surface area contributed by atoms with Crippen LogP contribution in [0.15, 0.2) is 61.2 Å². The van der Waals surface area contributed by atoms with Gasteiger partial charge in [0.2, 0.25) is 9.84 Å². The van der Waals surface area contributed by atoms with Gasteiger partial charge in [-0.25, -0.2) is 8.42 Å². The quantitative estimate of drug-likeness (QED) is 0.524. The number of nitriles is 1. The number of hydrogen-bond acceptors (Lipinski definition) is 3. The largest absolute Gasteiger partial charge is 0.416 e. The average Bonchev–Trinajstić information content (AvgIpc) is 2.54. The normalized spacial score (nSPS) is 12.7. The van der Waals surface area contributed by atoms with Crippen LogP contribution in [0.5, 0.6) is 0 Å². The van der Waals surface area contributed by atoms with E-state index >= 15 is 0 Å². The van der Waals surface area contributed by atoms with Crippen molar-refractivity contribution in [2.45, 2.75) is 11.1 Å². The minimum Gasteiger partial charge on any atom is -0.218 e. The summed E-state index contributed by atoms with van der Waals surface area (Å²) in [5, 5.41) is 9.23. The van der Waals surface area contributed by atoms with E-state index in [0.717, 1.165) is 24.3 Å². The highest BCUT2D eigenvalue weighted by molar-refractivity contribution is 9.11. The first kappa shape index (κ1) is 19.7. The minimum atomic E-state index is -4.57. The van der Waals surface area contributed by atoms with Gasteiger partial charge >= 0.3 is 6.18 Å². The fourth-order valence-electron chi connectivity index (χ4n) is 1.93. The number of sulfone groups is 1. The van der Waals surface area contributed by atoms with Gasteiger partial charge in [-0.05, 0) is 57.9 Å². The predicted molar refractivity (Wildman–Crippen MR) is 94.1 cm³/mol. The molecule has 0 aliphatic carbocycles. The zero-order valence-electron chi connectivity index (χ0n) is 12.2. The number of rotatable bonds is 3. The molecule has 9 heteroatoms. The summed E-state index contributed by atoms with van der Waals surface area (Å²) in [5.74, 6) is 0. The van der Waals surface area contributed by atoms with E-state index in [1.165, 1.54) is 18.2 Å². The molecule has 0 aliphatic rings. The maximum Gasteiger partial charge on any atom is 0.416 e. The smallest absolute Gasteiger partial charge is 0.218 e. The van der Waals surface area contributed by atoms with E-state index in [-0.39, 0.29) is 14.9 Å². The summed E-state index contributed by atoms with van der Waals surface area (Å²) in [5.41, 5.74) is -0.972. The molecule has 2 rings (SSSR count). The lowest BCUT2D eigenvalue weighted by molar-refractivity contribution is -0.137. The Morgan fingerprint density at radius 1 is 1.12 bits per heavy atom. The van der Waals surface area contributed by atoms with Crippen LogP contribution in [0.2, 0.25) is 0 Å². The van der Waals surface area contributed by atoms with E-state index in [1.807, 2.05) is 0 Å². The topological polar surface area (TPSA) is 57.9 Å². The second kappa shape index (κ2) is 7.32. The standard InChI is InChI=1S/C16H8Br2F3NO2S/c17-12-4-5-14(18)15(8-12)25(23,24)13(9-22)7-10-2-1-3-11(6-10)16(19,20)21/h1-8H. The maximum atomic E-state index is 12.8. The average molecular weight is 495 g/mol. The molecule has 0 heterocycles. The fourth-order valence-corrected chi connectivity index (χ4v) is 4.58. The lowest BCUT2D eigenvalue weighted by Crippen LogP contribution is -2.06.